The summed E-state index contributed by atoms with van der Waals surface area (Å²) in [5.41, 5.74) is 1.42. The van der Waals surface area contributed by atoms with Gasteiger partial charge in [0.25, 0.3) is 0 Å². The second-order valence-corrected chi connectivity index (χ2v) is 8.70. The highest BCUT2D eigenvalue weighted by Crippen LogP contribution is 2.31. The third-order valence-corrected chi connectivity index (χ3v) is 6.34. The van der Waals surface area contributed by atoms with Crippen LogP contribution in [-0.4, -0.2) is 43.0 Å². The molecule has 2 aliphatic heterocycles. The third kappa shape index (κ3) is 6.91. The predicted molar refractivity (Wildman–Crippen MR) is 119 cm³/mol. The van der Waals surface area contributed by atoms with Crippen molar-refractivity contribution in [1.29, 1.82) is 0 Å². The van der Waals surface area contributed by atoms with Gasteiger partial charge in [0.1, 0.15) is 0 Å². The number of likely N-dealkylation sites (tertiary alicyclic amines) is 1. The Morgan fingerprint density at radius 2 is 1.93 bits per heavy atom. The first kappa shape index (κ1) is 23.5. The van der Waals surface area contributed by atoms with Crippen LogP contribution < -0.4 is 10.6 Å². The quantitative estimate of drug-likeness (QED) is 0.665. The molecule has 158 valence electrons. The Morgan fingerprint density at radius 1 is 1.14 bits per heavy atom. The minimum atomic E-state index is 0. The Hall–Kier alpha value is -0.810. The molecule has 4 nitrogen and oxygen atoms in total. The van der Waals surface area contributed by atoms with Gasteiger partial charge in [0.2, 0.25) is 5.91 Å². The van der Waals surface area contributed by atoms with Gasteiger partial charge in [-0.3, -0.25) is 9.69 Å². The van der Waals surface area contributed by atoms with E-state index in [2.05, 4.69) is 45.9 Å². The summed E-state index contributed by atoms with van der Waals surface area (Å²) in [6.45, 7) is 5.52. The van der Waals surface area contributed by atoms with E-state index >= 15 is 0 Å². The molecule has 4 rings (SSSR count). The fourth-order valence-electron chi connectivity index (χ4n) is 4.73. The first-order valence-corrected chi connectivity index (χ1v) is 10.5. The van der Waals surface area contributed by atoms with E-state index in [4.69, 9.17) is 0 Å². The molecule has 1 aromatic rings. The summed E-state index contributed by atoms with van der Waals surface area (Å²) in [7, 11) is 0. The lowest BCUT2D eigenvalue weighted by molar-refractivity contribution is -0.121. The first-order chi connectivity index (χ1) is 12.8. The van der Waals surface area contributed by atoms with Crippen molar-refractivity contribution in [2.75, 3.05) is 26.2 Å². The second kappa shape index (κ2) is 11.4. The molecule has 2 saturated heterocycles. The molecule has 6 heteroatoms. The number of rotatable bonds is 8. The summed E-state index contributed by atoms with van der Waals surface area (Å²) in [4.78, 5) is 14.6. The van der Waals surface area contributed by atoms with Gasteiger partial charge in [0, 0.05) is 38.6 Å². The van der Waals surface area contributed by atoms with Crippen molar-refractivity contribution in [3.05, 3.63) is 35.9 Å². The van der Waals surface area contributed by atoms with Gasteiger partial charge >= 0.3 is 0 Å². The lowest BCUT2D eigenvalue weighted by Gasteiger charge is -2.46. The molecule has 1 aliphatic carbocycles. The Labute approximate surface area is 182 Å². The molecule has 0 aromatic heterocycles. The van der Waals surface area contributed by atoms with E-state index in [-0.39, 0.29) is 30.7 Å². The van der Waals surface area contributed by atoms with Gasteiger partial charge in [-0.1, -0.05) is 30.3 Å². The molecular weight excluding hydrogens is 393 g/mol. The number of carbonyl (C=O) groups excluding carboxylic acids is 1. The second-order valence-electron chi connectivity index (χ2n) is 8.70. The van der Waals surface area contributed by atoms with Crippen LogP contribution in [0.15, 0.2) is 30.3 Å². The summed E-state index contributed by atoms with van der Waals surface area (Å²) in [6, 6.07) is 11.4. The number of nitrogens with one attached hydrogen (secondary N) is 2. The summed E-state index contributed by atoms with van der Waals surface area (Å²) in [6.07, 6.45) is 6.79. The van der Waals surface area contributed by atoms with Crippen LogP contribution in [0.5, 0.6) is 0 Å². The van der Waals surface area contributed by atoms with E-state index in [0.717, 1.165) is 50.2 Å². The number of carbonyl (C=O) groups is 1. The lowest BCUT2D eigenvalue weighted by Crippen LogP contribution is -2.55. The van der Waals surface area contributed by atoms with Crippen LogP contribution >= 0.6 is 24.8 Å². The highest BCUT2D eigenvalue weighted by atomic mass is 35.5. The smallest absolute Gasteiger partial charge is 0.220 e. The van der Waals surface area contributed by atoms with Crippen LogP contribution in [0.25, 0.3) is 0 Å². The van der Waals surface area contributed by atoms with Crippen molar-refractivity contribution >= 4 is 30.7 Å². The van der Waals surface area contributed by atoms with Gasteiger partial charge in [-0.15, -0.1) is 24.8 Å². The highest BCUT2D eigenvalue weighted by molar-refractivity contribution is 5.85. The lowest BCUT2D eigenvalue weighted by atomic mass is 9.79. The molecule has 1 amide bonds. The molecular formula is C22H35Cl2N3O. The van der Waals surface area contributed by atoms with Crippen LogP contribution in [0.2, 0.25) is 0 Å². The molecule has 2 N–H and O–H groups in total. The summed E-state index contributed by atoms with van der Waals surface area (Å²) < 4.78 is 0. The predicted octanol–water partition coefficient (Wildman–Crippen LogP) is 3.64. The van der Waals surface area contributed by atoms with Crippen LogP contribution in [0, 0.1) is 17.8 Å². The van der Waals surface area contributed by atoms with Crippen LogP contribution in [-0.2, 0) is 11.3 Å². The van der Waals surface area contributed by atoms with E-state index in [9.17, 15) is 4.79 Å². The average Bonchev–Trinajstić information content (AvgIpc) is 3.47. The van der Waals surface area contributed by atoms with Gasteiger partial charge < -0.3 is 10.6 Å². The van der Waals surface area contributed by atoms with Gasteiger partial charge in [-0.05, 0) is 62.0 Å². The number of fused-ring (bicyclic) bond motifs is 2. The molecule has 3 fully saturated rings. The van der Waals surface area contributed by atoms with Crippen molar-refractivity contribution in [1.82, 2.24) is 15.5 Å². The van der Waals surface area contributed by atoms with Gasteiger partial charge in [-0.25, -0.2) is 0 Å². The fraction of sp³-hybridized carbons (Fsp3) is 0.682. The molecule has 0 spiro atoms. The number of halogens is 2. The summed E-state index contributed by atoms with van der Waals surface area (Å²) in [5.74, 6) is 2.55. The number of amides is 1. The van der Waals surface area contributed by atoms with Gasteiger partial charge in [0.15, 0.2) is 0 Å². The monoisotopic (exact) mass is 427 g/mol. The van der Waals surface area contributed by atoms with Gasteiger partial charge in [0.05, 0.1) is 0 Å². The number of nitrogens with zero attached hydrogens (tertiary/aromatic N) is 1. The zero-order valence-corrected chi connectivity index (χ0v) is 18.3. The molecule has 28 heavy (non-hydrogen) atoms. The van der Waals surface area contributed by atoms with Gasteiger partial charge in [-0.2, -0.15) is 0 Å². The maximum absolute atomic E-state index is 11.9. The largest absolute Gasteiger partial charge is 0.356 e. The highest BCUT2D eigenvalue weighted by Gasteiger charge is 2.36. The molecule has 1 aromatic carbocycles. The number of piperidine rings is 2. The van der Waals surface area contributed by atoms with Crippen LogP contribution in [0.3, 0.4) is 0 Å². The molecule has 0 unspecified atom stereocenters. The molecule has 0 radical (unpaired) electrons. The third-order valence-electron chi connectivity index (χ3n) is 6.34. The fourth-order valence-corrected chi connectivity index (χ4v) is 4.73. The number of hydrogen-bond acceptors (Lipinski definition) is 3. The normalized spacial score (nSPS) is 26.6. The van der Waals surface area contributed by atoms with Crippen LogP contribution in [0.4, 0.5) is 0 Å². The molecule has 3 aliphatic rings. The first-order valence-electron chi connectivity index (χ1n) is 10.5. The molecule has 2 heterocycles. The summed E-state index contributed by atoms with van der Waals surface area (Å²) >= 11 is 0. The molecule has 3 atom stereocenters. The SMILES string of the molecule is Cl.Cl.O=C(CCC[C@H]1NC[C@@H]2C[C@H]1CN(Cc1ccccc1)C2)NCC1CC1. The van der Waals surface area contributed by atoms with E-state index in [1.807, 2.05) is 0 Å². The Balaban J connectivity index is 0.00000140. The Kier molecular flexibility index (Phi) is 9.55. The van der Waals surface area contributed by atoms with Crippen molar-refractivity contribution in [3.8, 4) is 0 Å². The van der Waals surface area contributed by atoms with E-state index in [1.165, 1.54) is 37.9 Å². The zero-order valence-electron chi connectivity index (χ0n) is 16.6. The Bertz CT molecular complexity index is 597. The molecule has 2 bridgehead atoms. The van der Waals surface area contributed by atoms with Crippen molar-refractivity contribution in [2.24, 2.45) is 17.8 Å². The van der Waals surface area contributed by atoms with Crippen LogP contribution in [0.1, 0.15) is 44.1 Å². The Morgan fingerprint density at radius 3 is 2.68 bits per heavy atom. The summed E-state index contributed by atoms with van der Waals surface area (Å²) in [5, 5.41) is 6.87. The standard InChI is InChI=1S/C22H33N3O.2ClH/c26-22(24-12-17-9-10-17)8-4-7-21-20-11-19(13-23-21)15-25(16-20)14-18-5-2-1-3-6-18;;/h1-3,5-6,17,19-21,23H,4,7-16H2,(H,24,26);2*1H/t19-,20-,21+;;/m0../s1. The topological polar surface area (TPSA) is 44.4 Å². The van der Waals surface area contributed by atoms with E-state index in [0.29, 0.717) is 12.5 Å². The van der Waals surface area contributed by atoms with E-state index < -0.39 is 0 Å². The zero-order chi connectivity index (χ0) is 17.8. The number of hydrogen-bond donors (Lipinski definition) is 2. The van der Waals surface area contributed by atoms with Crippen molar-refractivity contribution in [2.45, 2.75) is 51.1 Å². The van der Waals surface area contributed by atoms with Crippen molar-refractivity contribution < 1.29 is 4.79 Å². The number of benzene rings is 1. The average molecular weight is 428 g/mol. The maximum atomic E-state index is 11.9. The minimum absolute atomic E-state index is 0. The molecule has 1 saturated carbocycles. The maximum Gasteiger partial charge on any atom is 0.220 e. The van der Waals surface area contributed by atoms with Crippen molar-refractivity contribution in [3.63, 3.8) is 0 Å². The van der Waals surface area contributed by atoms with E-state index in [1.54, 1.807) is 0 Å². The minimum Gasteiger partial charge on any atom is -0.356 e.